The van der Waals surface area contributed by atoms with Crippen LogP contribution < -0.4 is 4.74 Å². The number of aromatic nitrogens is 2. The molecule has 0 bridgehead atoms. The molecule has 1 heterocycles. The van der Waals surface area contributed by atoms with Gasteiger partial charge in [0.15, 0.2) is 4.77 Å². The highest BCUT2D eigenvalue weighted by Crippen LogP contribution is 2.23. The van der Waals surface area contributed by atoms with E-state index in [1.54, 1.807) is 7.11 Å². The Balaban J connectivity index is 2.13. The summed E-state index contributed by atoms with van der Waals surface area (Å²) in [6.07, 6.45) is 0. The molecule has 102 valence electrons. The fraction of sp³-hybridized carbons (Fsp3) is 0.133. The monoisotopic (exact) mass is 348 g/mol. The molecule has 0 atom stereocenters. The van der Waals surface area contributed by atoms with Crippen LogP contribution in [0.1, 0.15) is 5.56 Å². The summed E-state index contributed by atoms with van der Waals surface area (Å²) in [5.74, 6) is 0.874. The van der Waals surface area contributed by atoms with Gasteiger partial charge in [0.1, 0.15) is 5.75 Å². The van der Waals surface area contributed by atoms with Crippen molar-refractivity contribution < 1.29 is 4.74 Å². The molecular weight excluding hydrogens is 336 g/mol. The average molecular weight is 349 g/mol. The molecule has 0 spiro atoms. The average Bonchev–Trinajstić information content (AvgIpc) is 2.76. The number of fused-ring (bicyclic) bond motifs is 1. The van der Waals surface area contributed by atoms with Crippen LogP contribution >= 0.6 is 28.1 Å². The molecule has 0 aliphatic carbocycles. The number of para-hydroxylation sites is 1. The van der Waals surface area contributed by atoms with Crippen molar-refractivity contribution in [2.24, 2.45) is 0 Å². The van der Waals surface area contributed by atoms with E-state index in [9.17, 15) is 0 Å². The van der Waals surface area contributed by atoms with Crippen molar-refractivity contribution in [1.29, 1.82) is 0 Å². The standard InChI is InChI=1S/C15H13BrN2OS/c1-19-14-5-3-2-4-10(14)9-18-13-8-11(16)6-7-12(13)17-15(18)20/h2-8H,9H2,1H3,(H,17,20). The molecule has 0 radical (unpaired) electrons. The Morgan fingerprint density at radius 2 is 2.05 bits per heavy atom. The van der Waals surface area contributed by atoms with Gasteiger partial charge in [-0.15, -0.1) is 0 Å². The summed E-state index contributed by atoms with van der Waals surface area (Å²) < 4.78 is 9.23. The molecular formula is C15H13BrN2OS. The van der Waals surface area contributed by atoms with Crippen LogP contribution in [0.15, 0.2) is 46.9 Å². The number of ether oxygens (including phenoxy) is 1. The molecule has 5 heteroatoms. The topological polar surface area (TPSA) is 29.9 Å². The van der Waals surface area contributed by atoms with Crippen molar-refractivity contribution in [1.82, 2.24) is 9.55 Å². The van der Waals surface area contributed by atoms with E-state index < -0.39 is 0 Å². The van der Waals surface area contributed by atoms with Gasteiger partial charge in [-0.05, 0) is 36.5 Å². The number of benzene rings is 2. The number of nitrogens with zero attached hydrogens (tertiary/aromatic N) is 1. The number of H-pyrrole nitrogens is 1. The van der Waals surface area contributed by atoms with Gasteiger partial charge in [0.05, 0.1) is 24.7 Å². The number of rotatable bonds is 3. The maximum atomic E-state index is 5.43. The highest BCUT2D eigenvalue weighted by molar-refractivity contribution is 9.10. The first kappa shape index (κ1) is 13.4. The first-order valence-corrected chi connectivity index (χ1v) is 7.39. The second-order valence-electron chi connectivity index (χ2n) is 4.49. The van der Waals surface area contributed by atoms with Gasteiger partial charge in [-0.2, -0.15) is 0 Å². The summed E-state index contributed by atoms with van der Waals surface area (Å²) in [4.78, 5) is 3.23. The predicted octanol–water partition coefficient (Wildman–Crippen LogP) is 4.52. The van der Waals surface area contributed by atoms with Crippen LogP contribution in [0.4, 0.5) is 0 Å². The number of hydrogen-bond acceptors (Lipinski definition) is 2. The van der Waals surface area contributed by atoms with Gasteiger partial charge >= 0.3 is 0 Å². The lowest BCUT2D eigenvalue weighted by Crippen LogP contribution is -2.01. The summed E-state index contributed by atoms with van der Waals surface area (Å²) in [6.45, 7) is 0.680. The fourth-order valence-corrected chi connectivity index (χ4v) is 2.91. The number of halogens is 1. The lowest BCUT2D eigenvalue weighted by Gasteiger charge is -2.09. The van der Waals surface area contributed by atoms with Crippen LogP contribution in [0.5, 0.6) is 5.75 Å². The first-order valence-electron chi connectivity index (χ1n) is 6.19. The zero-order valence-electron chi connectivity index (χ0n) is 10.9. The molecule has 3 aromatic rings. The number of methoxy groups -OCH3 is 1. The largest absolute Gasteiger partial charge is 0.496 e. The Morgan fingerprint density at radius 1 is 1.25 bits per heavy atom. The summed E-state index contributed by atoms with van der Waals surface area (Å²) in [5.41, 5.74) is 3.22. The molecule has 1 aromatic heterocycles. The third-order valence-corrected chi connectivity index (χ3v) is 4.07. The van der Waals surface area contributed by atoms with E-state index in [1.165, 1.54) is 0 Å². The first-order chi connectivity index (χ1) is 9.69. The summed E-state index contributed by atoms with van der Waals surface area (Å²) in [7, 11) is 1.68. The summed E-state index contributed by atoms with van der Waals surface area (Å²) in [6, 6.07) is 14.1. The van der Waals surface area contributed by atoms with Crippen LogP contribution in [0.3, 0.4) is 0 Å². The smallest absolute Gasteiger partial charge is 0.178 e. The van der Waals surface area contributed by atoms with Crippen LogP contribution in [0.2, 0.25) is 0 Å². The Labute approximate surface area is 130 Å². The quantitative estimate of drug-likeness (QED) is 0.705. The Bertz CT molecular complexity index is 822. The number of aromatic amines is 1. The number of nitrogens with one attached hydrogen (secondary N) is 1. The second-order valence-corrected chi connectivity index (χ2v) is 5.79. The van der Waals surface area contributed by atoms with Gasteiger partial charge < -0.3 is 14.3 Å². The van der Waals surface area contributed by atoms with Gasteiger partial charge in [-0.3, -0.25) is 0 Å². The third-order valence-electron chi connectivity index (χ3n) is 3.26. The highest BCUT2D eigenvalue weighted by atomic mass is 79.9. The van der Waals surface area contributed by atoms with Gasteiger partial charge in [0.2, 0.25) is 0 Å². The summed E-state index contributed by atoms with van der Waals surface area (Å²) in [5, 5.41) is 0. The predicted molar refractivity (Wildman–Crippen MR) is 86.9 cm³/mol. The number of imidazole rings is 1. The zero-order valence-corrected chi connectivity index (χ0v) is 13.3. The molecule has 2 aromatic carbocycles. The van der Waals surface area contributed by atoms with Crippen molar-refractivity contribution >= 4 is 39.2 Å². The van der Waals surface area contributed by atoms with Gasteiger partial charge in [-0.25, -0.2) is 0 Å². The van der Waals surface area contributed by atoms with E-state index in [4.69, 9.17) is 17.0 Å². The lowest BCUT2D eigenvalue weighted by atomic mass is 10.2. The summed E-state index contributed by atoms with van der Waals surface area (Å²) >= 11 is 8.93. The van der Waals surface area contributed by atoms with Gasteiger partial charge in [-0.1, -0.05) is 34.1 Å². The van der Waals surface area contributed by atoms with Gasteiger partial charge in [0.25, 0.3) is 0 Å². The Kier molecular flexibility index (Phi) is 3.63. The molecule has 0 aliphatic heterocycles. The van der Waals surface area contributed by atoms with E-state index in [2.05, 4.69) is 37.6 Å². The highest BCUT2D eigenvalue weighted by Gasteiger charge is 2.08. The Hall–Kier alpha value is -1.59. The minimum absolute atomic E-state index is 0.680. The van der Waals surface area contributed by atoms with Crippen LogP contribution in [-0.4, -0.2) is 16.7 Å². The van der Waals surface area contributed by atoms with E-state index in [1.807, 2.05) is 30.3 Å². The molecule has 0 amide bonds. The molecule has 0 unspecified atom stereocenters. The van der Waals surface area contributed by atoms with Gasteiger partial charge in [0, 0.05) is 10.0 Å². The van der Waals surface area contributed by atoms with E-state index in [0.717, 1.165) is 26.8 Å². The van der Waals surface area contributed by atoms with E-state index in [0.29, 0.717) is 11.3 Å². The second kappa shape index (κ2) is 5.42. The van der Waals surface area contributed by atoms with Crippen molar-refractivity contribution in [2.75, 3.05) is 7.11 Å². The fourth-order valence-electron chi connectivity index (χ4n) is 2.29. The van der Waals surface area contributed by atoms with Crippen LogP contribution in [-0.2, 0) is 6.54 Å². The molecule has 0 saturated carbocycles. The van der Waals surface area contributed by atoms with Crippen LogP contribution in [0, 0.1) is 4.77 Å². The molecule has 3 nitrogen and oxygen atoms in total. The molecule has 20 heavy (non-hydrogen) atoms. The Morgan fingerprint density at radius 3 is 2.85 bits per heavy atom. The molecule has 0 saturated heterocycles. The molecule has 1 N–H and O–H groups in total. The van der Waals surface area contributed by atoms with Crippen molar-refractivity contribution in [3.63, 3.8) is 0 Å². The minimum Gasteiger partial charge on any atom is -0.496 e. The molecule has 0 aliphatic rings. The van der Waals surface area contributed by atoms with Crippen molar-refractivity contribution in [3.8, 4) is 5.75 Å². The third kappa shape index (κ3) is 2.39. The van der Waals surface area contributed by atoms with Crippen molar-refractivity contribution in [2.45, 2.75) is 6.54 Å². The van der Waals surface area contributed by atoms with Crippen LogP contribution in [0.25, 0.3) is 11.0 Å². The number of hydrogen-bond donors (Lipinski definition) is 1. The SMILES string of the molecule is COc1ccccc1Cn1c(=S)[nH]c2ccc(Br)cc21. The zero-order chi connectivity index (χ0) is 14.1. The van der Waals surface area contributed by atoms with Crippen molar-refractivity contribution in [3.05, 3.63) is 57.3 Å². The maximum Gasteiger partial charge on any atom is 0.178 e. The lowest BCUT2D eigenvalue weighted by molar-refractivity contribution is 0.408. The maximum absolute atomic E-state index is 5.43. The minimum atomic E-state index is 0.680. The van der Waals surface area contributed by atoms with E-state index >= 15 is 0 Å². The molecule has 0 fully saturated rings. The normalized spacial score (nSPS) is 10.9. The molecule has 3 rings (SSSR count). The van der Waals surface area contributed by atoms with E-state index in [-0.39, 0.29) is 0 Å².